The highest BCUT2D eigenvalue weighted by Gasteiger charge is 2.01. The number of hydrogen-bond donors (Lipinski definition) is 0. The Bertz CT molecular complexity index is 523. The lowest BCUT2D eigenvalue weighted by Crippen LogP contribution is -1.85. The minimum absolute atomic E-state index is 0.761. The largest absolute Gasteiger partial charge is 0.457 e. The fourth-order valence-electron chi connectivity index (χ4n) is 1.59. The number of ether oxygens (including phenoxy) is 1. The standard InChI is InChI=1S/C15H15ClOS/c1-3-18-14-7-4-12(5-8-14)17-13-6-9-15(16)11(2)10-13/h4-10H,3H2,1-2H3. The number of hydrogen-bond acceptors (Lipinski definition) is 2. The first-order valence-electron chi connectivity index (χ1n) is 5.86. The molecular formula is C15H15ClOS. The van der Waals surface area contributed by atoms with Crippen LogP contribution in [0.15, 0.2) is 47.4 Å². The van der Waals surface area contributed by atoms with Crippen molar-refractivity contribution in [3.05, 3.63) is 53.1 Å². The van der Waals surface area contributed by atoms with Gasteiger partial charge in [0.25, 0.3) is 0 Å². The van der Waals surface area contributed by atoms with E-state index in [-0.39, 0.29) is 0 Å². The van der Waals surface area contributed by atoms with Crippen LogP contribution in [0, 0.1) is 6.92 Å². The summed E-state index contributed by atoms with van der Waals surface area (Å²) in [6.45, 7) is 4.11. The zero-order valence-electron chi connectivity index (χ0n) is 10.4. The van der Waals surface area contributed by atoms with Gasteiger partial charge in [-0.25, -0.2) is 0 Å². The van der Waals surface area contributed by atoms with Crippen LogP contribution in [0.5, 0.6) is 11.5 Å². The topological polar surface area (TPSA) is 9.23 Å². The van der Waals surface area contributed by atoms with Gasteiger partial charge >= 0.3 is 0 Å². The molecular weight excluding hydrogens is 264 g/mol. The van der Waals surface area contributed by atoms with Crippen molar-refractivity contribution in [2.45, 2.75) is 18.7 Å². The predicted octanol–water partition coefficient (Wildman–Crippen LogP) is 5.55. The summed E-state index contributed by atoms with van der Waals surface area (Å²) in [6.07, 6.45) is 0. The summed E-state index contributed by atoms with van der Waals surface area (Å²) in [6, 6.07) is 13.8. The lowest BCUT2D eigenvalue weighted by atomic mass is 10.2. The molecule has 3 heteroatoms. The normalized spacial score (nSPS) is 10.4. The van der Waals surface area contributed by atoms with Crippen LogP contribution in [0.4, 0.5) is 0 Å². The Balaban J connectivity index is 2.10. The van der Waals surface area contributed by atoms with Gasteiger partial charge in [-0.2, -0.15) is 0 Å². The second kappa shape index (κ2) is 6.17. The fraction of sp³-hybridized carbons (Fsp3) is 0.200. The summed E-state index contributed by atoms with van der Waals surface area (Å²) in [7, 11) is 0. The zero-order chi connectivity index (χ0) is 13.0. The van der Waals surface area contributed by atoms with E-state index in [0.29, 0.717) is 0 Å². The summed E-state index contributed by atoms with van der Waals surface area (Å²) >= 11 is 7.80. The van der Waals surface area contributed by atoms with Gasteiger partial charge in [-0.05, 0) is 60.7 Å². The van der Waals surface area contributed by atoms with Crippen LogP contribution >= 0.6 is 23.4 Å². The van der Waals surface area contributed by atoms with E-state index in [1.807, 2.05) is 49.0 Å². The van der Waals surface area contributed by atoms with Crippen LogP contribution < -0.4 is 4.74 Å². The predicted molar refractivity (Wildman–Crippen MR) is 79.1 cm³/mol. The zero-order valence-corrected chi connectivity index (χ0v) is 12.0. The van der Waals surface area contributed by atoms with E-state index >= 15 is 0 Å². The van der Waals surface area contributed by atoms with Gasteiger partial charge in [-0.15, -0.1) is 11.8 Å². The Morgan fingerprint density at radius 2 is 1.72 bits per heavy atom. The molecule has 0 saturated heterocycles. The quantitative estimate of drug-likeness (QED) is 0.678. The summed E-state index contributed by atoms with van der Waals surface area (Å²) < 4.78 is 5.78. The van der Waals surface area contributed by atoms with Crippen molar-refractivity contribution in [3.63, 3.8) is 0 Å². The molecule has 0 atom stereocenters. The van der Waals surface area contributed by atoms with Crippen LogP contribution in [0.1, 0.15) is 12.5 Å². The van der Waals surface area contributed by atoms with Crippen LogP contribution in [0.25, 0.3) is 0 Å². The van der Waals surface area contributed by atoms with Gasteiger partial charge in [-0.3, -0.25) is 0 Å². The molecule has 0 unspecified atom stereocenters. The third kappa shape index (κ3) is 3.44. The molecule has 0 bridgehead atoms. The van der Waals surface area contributed by atoms with Gasteiger partial charge in [0.15, 0.2) is 0 Å². The van der Waals surface area contributed by atoms with Gasteiger partial charge in [0.05, 0.1) is 0 Å². The molecule has 0 N–H and O–H groups in total. The number of thioether (sulfide) groups is 1. The Hall–Kier alpha value is -1.12. The molecule has 2 rings (SSSR count). The molecule has 2 aromatic rings. The van der Waals surface area contributed by atoms with Crippen LogP contribution in [-0.4, -0.2) is 5.75 Å². The molecule has 0 aliphatic rings. The monoisotopic (exact) mass is 278 g/mol. The van der Waals surface area contributed by atoms with E-state index in [0.717, 1.165) is 27.8 Å². The van der Waals surface area contributed by atoms with Crippen LogP contribution in [0.3, 0.4) is 0 Å². The minimum Gasteiger partial charge on any atom is -0.457 e. The number of rotatable bonds is 4. The van der Waals surface area contributed by atoms with Gasteiger partial charge in [-0.1, -0.05) is 18.5 Å². The van der Waals surface area contributed by atoms with E-state index in [9.17, 15) is 0 Å². The molecule has 1 nitrogen and oxygen atoms in total. The first-order chi connectivity index (χ1) is 8.69. The lowest BCUT2D eigenvalue weighted by molar-refractivity contribution is 0.482. The van der Waals surface area contributed by atoms with Gasteiger partial charge in [0.2, 0.25) is 0 Å². The summed E-state index contributed by atoms with van der Waals surface area (Å²) in [5.74, 6) is 2.74. The van der Waals surface area contributed by atoms with E-state index in [1.54, 1.807) is 0 Å². The third-order valence-electron chi connectivity index (χ3n) is 2.50. The molecule has 94 valence electrons. The van der Waals surface area contributed by atoms with Crippen LogP contribution in [0.2, 0.25) is 5.02 Å². The number of halogens is 1. The van der Waals surface area contributed by atoms with Gasteiger partial charge < -0.3 is 4.74 Å². The van der Waals surface area contributed by atoms with Crippen molar-refractivity contribution in [1.82, 2.24) is 0 Å². The smallest absolute Gasteiger partial charge is 0.127 e. The Labute approximate surface area is 117 Å². The lowest BCUT2D eigenvalue weighted by Gasteiger charge is -2.08. The summed E-state index contributed by atoms with van der Waals surface area (Å²) in [5, 5.41) is 0.761. The molecule has 0 radical (unpaired) electrons. The Morgan fingerprint density at radius 3 is 2.33 bits per heavy atom. The first-order valence-corrected chi connectivity index (χ1v) is 7.22. The molecule has 18 heavy (non-hydrogen) atoms. The number of aryl methyl sites for hydroxylation is 1. The van der Waals surface area contributed by atoms with Gasteiger partial charge in [0.1, 0.15) is 11.5 Å². The second-order valence-corrected chi connectivity index (χ2v) is 5.66. The molecule has 0 fully saturated rings. The maximum absolute atomic E-state index is 5.98. The van der Waals surface area contributed by atoms with Crippen molar-refractivity contribution < 1.29 is 4.74 Å². The highest BCUT2D eigenvalue weighted by atomic mass is 35.5. The van der Waals surface area contributed by atoms with Crippen molar-refractivity contribution in [3.8, 4) is 11.5 Å². The van der Waals surface area contributed by atoms with E-state index in [4.69, 9.17) is 16.3 Å². The molecule has 0 aliphatic heterocycles. The van der Waals surface area contributed by atoms with E-state index in [2.05, 4.69) is 19.1 Å². The maximum Gasteiger partial charge on any atom is 0.127 e. The highest BCUT2D eigenvalue weighted by molar-refractivity contribution is 7.99. The average molecular weight is 279 g/mol. The minimum atomic E-state index is 0.761. The Morgan fingerprint density at radius 1 is 1.06 bits per heavy atom. The van der Waals surface area contributed by atoms with Crippen molar-refractivity contribution >= 4 is 23.4 Å². The molecule has 0 heterocycles. The Kier molecular flexibility index (Phi) is 4.56. The van der Waals surface area contributed by atoms with Gasteiger partial charge in [0, 0.05) is 9.92 Å². The van der Waals surface area contributed by atoms with Crippen LogP contribution in [-0.2, 0) is 0 Å². The second-order valence-electron chi connectivity index (χ2n) is 3.92. The summed E-state index contributed by atoms with van der Waals surface area (Å²) in [4.78, 5) is 1.26. The SMILES string of the molecule is CCSc1ccc(Oc2ccc(Cl)c(C)c2)cc1. The van der Waals surface area contributed by atoms with E-state index in [1.165, 1.54) is 4.90 Å². The molecule has 0 spiro atoms. The van der Waals surface area contributed by atoms with E-state index < -0.39 is 0 Å². The number of benzene rings is 2. The summed E-state index contributed by atoms with van der Waals surface area (Å²) in [5.41, 5.74) is 1.02. The molecule has 2 aromatic carbocycles. The molecule has 0 aromatic heterocycles. The molecule has 0 amide bonds. The van der Waals surface area contributed by atoms with Crippen molar-refractivity contribution in [2.24, 2.45) is 0 Å². The first kappa shape index (κ1) is 13.3. The molecule has 0 aliphatic carbocycles. The fourth-order valence-corrected chi connectivity index (χ4v) is 2.37. The average Bonchev–Trinajstić information content (AvgIpc) is 2.37. The van der Waals surface area contributed by atoms with Crippen molar-refractivity contribution in [2.75, 3.05) is 5.75 Å². The van der Waals surface area contributed by atoms with Crippen molar-refractivity contribution in [1.29, 1.82) is 0 Å². The maximum atomic E-state index is 5.98. The highest BCUT2D eigenvalue weighted by Crippen LogP contribution is 2.27. The molecule has 0 saturated carbocycles. The third-order valence-corrected chi connectivity index (χ3v) is 3.82.